The van der Waals surface area contributed by atoms with E-state index >= 15 is 0 Å². The molecule has 0 atom stereocenters. The standard InChI is InChI=1S/C18H16N2O2S2/c21-18(22)12-7-5-11(6-8-12)9-23-16-15-13-3-1-2-4-14(13)24-17(15)20-10-19-16/h5-8,10H,1-4,9H2,(H,21,22). The third-order valence-corrected chi connectivity index (χ3v) is 6.55. The zero-order valence-corrected chi connectivity index (χ0v) is 14.6. The highest BCUT2D eigenvalue weighted by Gasteiger charge is 2.19. The van der Waals surface area contributed by atoms with Crippen LogP contribution >= 0.6 is 23.1 Å². The summed E-state index contributed by atoms with van der Waals surface area (Å²) in [6.45, 7) is 0. The first-order valence-corrected chi connectivity index (χ1v) is 9.73. The molecule has 0 saturated carbocycles. The average molecular weight is 356 g/mol. The number of aromatic nitrogens is 2. The van der Waals surface area contributed by atoms with Gasteiger partial charge in [0.15, 0.2) is 0 Å². The molecule has 0 fully saturated rings. The molecule has 122 valence electrons. The van der Waals surface area contributed by atoms with Gasteiger partial charge in [-0.05, 0) is 48.9 Å². The van der Waals surface area contributed by atoms with Gasteiger partial charge in [0, 0.05) is 16.0 Å². The smallest absolute Gasteiger partial charge is 0.335 e. The summed E-state index contributed by atoms with van der Waals surface area (Å²) in [5, 5.41) is 11.3. The maximum Gasteiger partial charge on any atom is 0.335 e. The SMILES string of the molecule is O=C(O)c1ccc(CSc2ncnc3sc4c(c23)CCCC4)cc1. The van der Waals surface area contributed by atoms with Crippen LogP contribution in [-0.4, -0.2) is 21.0 Å². The minimum atomic E-state index is -0.892. The van der Waals surface area contributed by atoms with Gasteiger partial charge < -0.3 is 5.11 Å². The maximum atomic E-state index is 10.9. The Morgan fingerprint density at radius 2 is 1.96 bits per heavy atom. The molecule has 2 aromatic heterocycles. The van der Waals surface area contributed by atoms with Crippen LogP contribution in [0.15, 0.2) is 35.6 Å². The van der Waals surface area contributed by atoms with Crippen molar-refractivity contribution in [2.75, 3.05) is 0 Å². The Hall–Kier alpha value is -1.92. The average Bonchev–Trinajstić information content (AvgIpc) is 2.99. The van der Waals surface area contributed by atoms with Crippen molar-refractivity contribution in [1.29, 1.82) is 0 Å². The summed E-state index contributed by atoms with van der Waals surface area (Å²) in [6.07, 6.45) is 6.46. The van der Waals surface area contributed by atoms with Gasteiger partial charge in [-0.15, -0.1) is 23.1 Å². The van der Waals surface area contributed by atoms with Crippen molar-refractivity contribution in [2.45, 2.75) is 36.5 Å². The molecule has 1 aromatic carbocycles. The molecule has 0 bridgehead atoms. The fourth-order valence-electron chi connectivity index (χ4n) is 3.07. The number of fused-ring (bicyclic) bond motifs is 3. The Labute approximate surface area is 148 Å². The van der Waals surface area contributed by atoms with Gasteiger partial charge in [-0.1, -0.05) is 12.1 Å². The van der Waals surface area contributed by atoms with Crippen LogP contribution in [0.25, 0.3) is 10.2 Å². The molecule has 2 heterocycles. The number of hydrogen-bond donors (Lipinski definition) is 1. The van der Waals surface area contributed by atoms with Gasteiger partial charge in [-0.2, -0.15) is 0 Å². The minimum Gasteiger partial charge on any atom is -0.478 e. The Morgan fingerprint density at radius 1 is 1.17 bits per heavy atom. The number of rotatable bonds is 4. The number of carboxylic acid groups (broad SMARTS) is 1. The Bertz CT molecular complexity index is 903. The van der Waals surface area contributed by atoms with Gasteiger partial charge in [0.1, 0.15) is 16.2 Å². The lowest BCUT2D eigenvalue weighted by atomic mass is 9.97. The van der Waals surface area contributed by atoms with Crippen molar-refractivity contribution in [3.63, 3.8) is 0 Å². The van der Waals surface area contributed by atoms with Crippen LogP contribution in [0.4, 0.5) is 0 Å². The molecular weight excluding hydrogens is 340 g/mol. The topological polar surface area (TPSA) is 63.1 Å². The molecule has 4 rings (SSSR count). The Morgan fingerprint density at radius 3 is 2.75 bits per heavy atom. The first-order chi connectivity index (χ1) is 11.7. The normalized spacial score (nSPS) is 13.8. The molecular formula is C18H16N2O2S2. The van der Waals surface area contributed by atoms with Gasteiger partial charge in [-0.3, -0.25) is 0 Å². The number of thiophene rings is 1. The summed E-state index contributed by atoms with van der Waals surface area (Å²) in [6, 6.07) is 7.05. The number of aryl methyl sites for hydroxylation is 2. The molecule has 1 aliphatic rings. The fourth-order valence-corrected chi connectivity index (χ4v) is 5.34. The zero-order chi connectivity index (χ0) is 16.5. The monoisotopic (exact) mass is 356 g/mol. The second-order valence-corrected chi connectivity index (χ2v) is 7.91. The second kappa shape index (κ2) is 6.53. The molecule has 0 saturated heterocycles. The van der Waals surface area contributed by atoms with Crippen molar-refractivity contribution in [2.24, 2.45) is 0 Å². The van der Waals surface area contributed by atoms with Crippen LogP contribution in [0.3, 0.4) is 0 Å². The quantitative estimate of drug-likeness (QED) is 0.548. The first-order valence-electron chi connectivity index (χ1n) is 7.92. The van der Waals surface area contributed by atoms with E-state index in [9.17, 15) is 4.79 Å². The largest absolute Gasteiger partial charge is 0.478 e. The number of hydrogen-bond acceptors (Lipinski definition) is 5. The molecule has 0 amide bonds. The van der Waals surface area contributed by atoms with Crippen molar-refractivity contribution in [3.05, 3.63) is 52.2 Å². The van der Waals surface area contributed by atoms with E-state index in [4.69, 9.17) is 5.11 Å². The van der Waals surface area contributed by atoms with Crippen LogP contribution in [0, 0.1) is 0 Å². The third-order valence-electron chi connectivity index (χ3n) is 4.29. The molecule has 4 nitrogen and oxygen atoms in total. The van der Waals surface area contributed by atoms with Crippen molar-refractivity contribution in [3.8, 4) is 0 Å². The lowest BCUT2D eigenvalue weighted by Crippen LogP contribution is -1.99. The Balaban J connectivity index is 1.60. The predicted molar refractivity (Wildman–Crippen MR) is 97.0 cm³/mol. The summed E-state index contributed by atoms with van der Waals surface area (Å²) in [5.41, 5.74) is 2.87. The lowest BCUT2D eigenvalue weighted by Gasteiger charge is -2.11. The minimum absolute atomic E-state index is 0.320. The van der Waals surface area contributed by atoms with Gasteiger partial charge >= 0.3 is 5.97 Å². The number of nitrogens with zero attached hydrogens (tertiary/aromatic N) is 2. The third kappa shape index (κ3) is 2.91. The zero-order valence-electron chi connectivity index (χ0n) is 13.0. The van der Waals surface area contributed by atoms with Crippen molar-refractivity contribution in [1.82, 2.24) is 9.97 Å². The molecule has 24 heavy (non-hydrogen) atoms. The van der Waals surface area contributed by atoms with Crippen LogP contribution in [0.2, 0.25) is 0 Å². The van der Waals surface area contributed by atoms with Crippen molar-refractivity contribution >= 4 is 39.3 Å². The maximum absolute atomic E-state index is 10.9. The summed E-state index contributed by atoms with van der Waals surface area (Å²) < 4.78 is 0. The van der Waals surface area contributed by atoms with Crippen molar-refractivity contribution < 1.29 is 9.90 Å². The summed E-state index contributed by atoms with van der Waals surface area (Å²) in [7, 11) is 0. The van der Waals surface area contributed by atoms with Crippen LogP contribution < -0.4 is 0 Å². The van der Waals surface area contributed by atoms with E-state index in [0.29, 0.717) is 5.56 Å². The van der Waals surface area contributed by atoms with Gasteiger partial charge in [0.2, 0.25) is 0 Å². The van der Waals surface area contributed by atoms with E-state index in [-0.39, 0.29) is 0 Å². The van der Waals surface area contributed by atoms with Gasteiger partial charge in [0.05, 0.1) is 5.56 Å². The predicted octanol–water partition coefficient (Wildman–Crippen LogP) is 4.56. The molecule has 0 radical (unpaired) electrons. The molecule has 3 aromatic rings. The number of benzene rings is 1. The molecule has 0 spiro atoms. The summed E-state index contributed by atoms with van der Waals surface area (Å²) in [4.78, 5) is 22.5. The molecule has 0 unspecified atom stereocenters. The highest BCUT2D eigenvalue weighted by molar-refractivity contribution is 7.98. The second-order valence-electron chi connectivity index (χ2n) is 5.86. The number of aromatic carboxylic acids is 1. The number of carboxylic acids is 1. The number of carbonyl (C=O) groups is 1. The van der Waals surface area contributed by atoms with E-state index < -0.39 is 5.97 Å². The van der Waals surface area contributed by atoms with Crippen LogP contribution in [0.5, 0.6) is 0 Å². The highest BCUT2D eigenvalue weighted by atomic mass is 32.2. The van der Waals surface area contributed by atoms with E-state index in [1.165, 1.54) is 28.7 Å². The van der Waals surface area contributed by atoms with Gasteiger partial charge in [-0.25, -0.2) is 14.8 Å². The molecule has 1 N–H and O–H groups in total. The van der Waals surface area contributed by atoms with E-state index in [1.807, 2.05) is 23.5 Å². The number of thioether (sulfide) groups is 1. The van der Waals surface area contributed by atoms with Gasteiger partial charge in [0.25, 0.3) is 0 Å². The van der Waals surface area contributed by atoms with E-state index in [1.54, 1.807) is 30.2 Å². The van der Waals surface area contributed by atoms with E-state index in [2.05, 4.69) is 9.97 Å². The van der Waals surface area contributed by atoms with E-state index in [0.717, 1.165) is 34.0 Å². The molecule has 6 heteroatoms. The fraction of sp³-hybridized carbons (Fsp3) is 0.278. The summed E-state index contributed by atoms with van der Waals surface area (Å²) in [5.74, 6) is -0.118. The van der Waals surface area contributed by atoms with Crippen LogP contribution in [0.1, 0.15) is 39.2 Å². The lowest BCUT2D eigenvalue weighted by molar-refractivity contribution is 0.0697. The molecule has 1 aliphatic carbocycles. The van der Waals surface area contributed by atoms with Crippen LogP contribution in [-0.2, 0) is 18.6 Å². The Kier molecular flexibility index (Phi) is 4.24. The molecule has 0 aliphatic heterocycles. The first kappa shape index (κ1) is 15.6. The highest BCUT2D eigenvalue weighted by Crippen LogP contribution is 2.39. The summed E-state index contributed by atoms with van der Waals surface area (Å²) >= 11 is 3.51.